The smallest absolute Gasteiger partial charge is 0.264 e. The zero-order valence-electron chi connectivity index (χ0n) is 11.8. The molecule has 0 saturated carbocycles. The first-order valence-corrected chi connectivity index (χ1v) is 8.89. The van der Waals surface area contributed by atoms with E-state index >= 15 is 0 Å². The number of hydrogen-bond donors (Lipinski definition) is 1. The maximum absolute atomic E-state index is 12.0. The van der Waals surface area contributed by atoms with Gasteiger partial charge in [0.2, 0.25) is 0 Å². The largest absolute Gasteiger partial charge is 0.482 e. The van der Waals surface area contributed by atoms with Crippen molar-refractivity contribution in [3.05, 3.63) is 50.4 Å². The number of benzene rings is 2. The molecule has 2 aromatic carbocycles. The van der Waals surface area contributed by atoms with Gasteiger partial charge in [0, 0.05) is 5.02 Å². The van der Waals surface area contributed by atoms with Crippen LogP contribution in [0, 0.1) is 0 Å². The van der Waals surface area contributed by atoms with Gasteiger partial charge in [0.15, 0.2) is 11.7 Å². The highest BCUT2D eigenvalue weighted by Crippen LogP contribution is 2.35. The topological polar surface area (TPSA) is 51.2 Å². The number of anilines is 1. The molecule has 1 aromatic heterocycles. The molecule has 0 unspecified atom stereocenters. The van der Waals surface area contributed by atoms with Crippen molar-refractivity contribution >= 4 is 79.0 Å². The molecule has 0 atom stereocenters. The van der Waals surface area contributed by atoms with Gasteiger partial charge in [-0.3, -0.25) is 10.1 Å². The van der Waals surface area contributed by atoms with Crippen molar-refractivity contribution in [2.24, 2.45) is 0 Å². The van der Waals surface area contributed by atoms with Gasteiger partial charge in [-0.25, -0.2) is 4.98 Å². The number of fused-ring (bicyclic) bond motifs is 1. The van der Waals surface area contributed by atoms with Crippen LogP contribution in [-0.4, -0.2) is 17.5 Å². The number of nitrogens with one attached hydrogen (secondary N) is 1. The van der Waals surface area contributed by atoms with Gasteiger partial charge in [-0.1, -0.05) is 57.7 Å². The molecular weight excluding hydrogens is 414 g/mol. The average Bonchev–Trinajstić information content (AvgIpc) is 2.93. The monoisotopic (exact) mass is 420 g/mol. The number of carbonyl (C=O) groups excluding carboxylic acids is 1. The Labute approximate surface area is 161 Å². The Kier molecular flexibility index (Phi) is 5.37. The second kappa shape index (κ2) is 7.33. The van der Waals surface area contributed by atoms with Gasteiger partial charge in [0.25, 0.3) is 5.91 Å². The highest BCUT2D eigenvalue weighted by Gasteiger charge is 2.13. The summed E-state index contributed by atoms with van der Waals surface area (Å²) in [5.74, 6) is -0.00219. The minimum Gasteiger partial charge on any atom is -0.482 e. The molecule has 24 heavy (non-hydrogen) atoms. The van der Waals surface area contributed by atoms with Crippen molar-refractivity contribution in [2.45, 2.75) is 0 Å². The van der Waals surface area contributed by atoms with Gasteiger partial charge in [-0.05, 0) is 30.3 Å². The predicted molar refractivity (Wildman–Crippen MR) is 100 cm³/mol. The van der Waals surface area contributed by atoms with Crippen LogP contribution in [0.15, 0.2) is 30.3 Å². The maximum Gasteiger partial charge on any atom is 0.264 e. The normalized spacial score (nSPS) is 10.8. The number of rotatable bonds is 4. The second-order valence-electron chi connectivity index (χ2n) is 4.64. The first kappa shape index (κ1) is 17.6. The third kappa shape index (κ3) is 3.87. The number of halogens is 4. The number of hydrogen-bond acceptors (Lipinski definition) is 4. The van der Waals surface area contributed by atoms with Gasteiger partial charge in [-0.15, -0.1) is 0 Å². The Morgan fingerprint density at radius 3 is 2.67 bits per heavy atom. The quantitative estimate of drug-likeness (QED) is 0.568. The van der Waals surface area contributed by atoms with E-state index in [2.05, 4.69) is 10.3 Å². The lowest BCUT2D eigenvalue weighted by Crippen LogP contribution is -2.20. The SMILES string of the molecule is O=C(COc1ccc(Cl)cc1Cl)Nc1nc2c(Cl)c(Cl)ccc2s1. The summed E-state index contributed by atoms with van der Waals surface area (Å²) in [5, 5.41) is 4.64. The molecule has 9 heteroatoms. The van der Waals surface area contributed by atoms with E-state index in [1.54, 1.807) is 24.3 Å². The van der Waals surface area contributed by atoms with Crippen LogP contribution >= 0.6 is 57.7 Å². The van der Waals surface area contributed by atoms with Gasteiger partial charge in [0.05, 0.1) is 19.8 Å². The lowest BCUT2D eigenvalue weighted by Gasteiger charge is -2.07. The van der Waals surface area contributed by atoms with E-state index in [0.29, 0.717) is 36.5 Å². The fourth-order valence-electron chi connectivity index (χ4n) is 1.88. The third-order valence-corrected chi connectivity index (χ3v) is 5.21. The fraction of sp³-hybridized carbons (Fsp3) is 0.0667. The van der Waals surface area contributed by atoms with Crippen LogP contribution in [0.2, 0.25) is 20.1 Å². The number of ether oxygens (including phenoxy) is 1. The zero-order valence-corrected chi connectivity index (χ0v) is 15.6. The summed E-state index contributed by atoms with van der Waals surface area (Å²) in [6.45, 7) is -0.217. The van der Waals surface area contributed by atoms with Gasteiger partial charge in [0.1, 0.15) is 11.3 Å². The first-order valence-electron chi connectivity index (χ1n) is 6.56. The Hall–Kier alpha value is -1.24. The van der Waals surface area contributed by atoms with Crippen molar-refractivity contribution < 1.29 is 9.53 Å². The lowest BCUT2D eigenvalue weighted by atomic mass is 10.3. The van der Waals surface area contributed by atoms with Gasteiger partial charge in [-0.2, -0.15) is 0 Å². The number of nitrogens with zero attached hydrogens (tertiary/aromatic N) is 1. The summed E-state index contributed by atoms with van der Waals surface area (Å²) in [5.41, 5.74) is 0.547. The van der Waals surface area contributed by atoms with Crippen molar-refractivity contribution in [2.75, 3.05) is 11.9 Å². The Balaban J connectivity index is 1.67. The number of carbonyl (C=O) groups is 1. The minimum absolute atomic E-state index is 0.217. The van der Waals surface area contributed by atoms with Crippen molar-refractivity contribution in [1.29, 1.82) is 0 Å². The van der Waals surface area contributed by atoms with Crippen LogP contribution < -0.4 is 10.1 Å². The molecular formula is C15H8Cl4N2O2S. The maximum atomic E-state index is 12.0. The van der Waals surface area contributed by atoms with E-state index in [-0.39, 0.29) is 12.5 Å². The lowest BCUT2D eigenvalue weighted by molar-refractivity contribution is -0.118. The highest BCUT2D eigenvalue weighted by molar-refractivity contribution is 7.22. The molecule has 1 N–H and O–H groups in total. The number of aromatic nitrogens is 1. The number of thiazole rings is 1. The molecule has 1 amide bonds. The third-order valence-electron chi connectivity index (χ3n) is 2.95. The highest BCUT2D eigenvalue weighted by atomic mass is 35.5. The van der Waals surface area contributed by atoms with Crippen LogP contribution in [0.3, 0.4) is 0 Å². The van der Waals surface area contributed by atoms with E-state index in [0.717, 1.165) is 4.70 Å². The molecule has 124 valence electrons. The Morgan fingerprint density at radius 2 is 1.92 bits per heavy atom. The Bertz CT molecular complexity index is 929. The van der Waals surface area contributed by atoms with Crippen LogP contribution in [0.25, 0.3) is 10.2 Å². The van der Waals surface area contributed by atoms with Crippen LogP contribution in [0.4, 0.5) is 5.13 Å². The molecule has 0 spiro atoms. The molecule has 0 radical (unpaired) electrons. The van der Waals surface area contributed by atoms with Crippen molar-refractivity contribution in [3.8, 4) is 5.75 Å². The number of amides is 1. The molecule has 0 saturated heterocycles. The molecule has 4 nitrogen and oxygen atoms in total. The summed E-state index contributed by atoms with van der Waals surface area (Å²) in [6.07, 6.45) is 0. The first-order chi connectivity index (χ1) is 11.4. The molecule has 0 bridgehead atoms. The summed E-state index contributed by atoms with van der Waals surface area (Å²) < 4.78 is 6.19. The summed E-state index contributed by atoms with van der Waals surface area (Å²) in [7, 11) is 0. The van der Waals surface area contributed by atoms with E-state index < -0.39 is 0 Å². The second-order valence-corrected chi connectivity index (χ2v) is 7.30. The summed E-state index contributed by atoms with van der Waals surface area (Å²) in [6, 6.07) is 8.23. The molecule has 0 fully saturated rings. The van der Waals surface area contributed by atoms with Crippen LogP contribution in [-0.2, 0) is 4.79 Å². The van der Waals surface area contributed by atoms with E-state index in [9.17, 15) is 4.79 Å². The van der Waals surface area contributed by atoms with Crippen LogP contribution in [0.1, 0.15) is 0 Å². The molecule has 0 aliphatic heterocycles. The van der Waals surface area contributed by atoms with E-state index in [1.165, 1.54) is 17.4 Å². The van der Waals surface area contributed by atoms with Crippen LogP contribution in [0.5, 0.6) is 5.75 Å². The van der Waals surface area contributed by atoms with E-state index in [4.69, 9.17) is 51.1 Å². The molecule has 1 heterocycles. The average molecular weight is 422 g/mol. The molecule has 0 aliphatic rings. The zero-order chi connectivity index (χ0) is 17.3. The summed E-state index contributed by atoms with van der Waals surface area (Å²) >= 11 is 25.1. The molecule has 3 aromatic rings. The fourth-order valence-corrected chi connectivity index (χ4v) is 3.65. The minimum atomic E-state index is -0.373. The van der Waals surface area contributed by atoms with Gasteiger partial charge < -0.3 is 4.74 Å². The van der Waals surface area contributed by atoms with Gasteiger partial charge >= 0.3 is 0 Å². The summed E-state index contributed by atoms with van der Waals surface area (Å²) in [4.78, 5) is 16.3. The van der Waals surface area contributed by atoms with Crippen molar-refractivity contribution in [1.82, 2.24) is 4.98 Å². The van der Waals surface area contributed by atoms with E-state index in [1.807, 2.05) is 0 Å². The standard InChI is InChI=1S/C15H8Cl4N2O2S/c16-7-1-3-10(9(18)5-7)23-6-12(22)20-15-21-14-11(24-15)4-2-8(17)13(14)19/h1-5H,6H2,(H,20,21,22). The predicted octanol–water partition coefficient (Wildman–Crippen LogP) is 5.93. The van der Waals surface area contributed by atoms with Crippen molar-refractivity contribution in [3.63, 3.8) is 0 Å². The molecule has 0 aliphatic carbocycles. The Morgan fingerprint density at radius 1 is 1.12 bits per heavy atom. The molecule has 3 rings (SSSR count).